The van der Waals surface area contributed by atoms with Crippen LogP contribution in [0.15, 0.2) is 6.07 Å². The van der Waals surface area contributed by atoms with E-state index in [0.29, 0.717) is 0 Å². The SMILES string of the molecule is Cc1cc(C(F)(F)F)nc(C(F)F)c1I. The van der Waals surface area contributed by atoms with Crippen LogP contribution < -0.4 is 0 Å². The van der Waals surface area contributed by atoms with Crippen LogP contribution in [0.25, 0.3) is 0 Å². The van der Waals surface area contributed by atoms with Crippen molar-refractivity contribution in [1.82, 2.24) is 4.98 Å². The van der Waals surface area contributed by atoms with Gasteiger partial charge in [-0.1, -0.05) is 0 Å². The molecule has 1 aromatic rings. The maximum atomic E-state index is 12.3. The first-order chi connectivity index (χ1) is 6.73. The van der Waals surface area contributed by atoms with E-state index in [0.717, 1.165) is 6.07 Å². The lowest BCUT2D eigenvalue weighted by atomic mass is 10.2. The first-order valence-electron chi connectivity index (χ1n) is 3.76. The Labute approximate surface area is 95.8 Å². The van der Waals surface area contributed by atoms with Crippen LogP contribution in [0.4, 0.5) is 22.0 Å². The molecule has 7 heteroatoms. The zero-order chi connectivity index (χ0) is 11.8. The highest BCUT2D eigenvalue weighted by Gasteiger charge is 2.34. The van der Waals surface area contributed by atoms with E-state index >= 15 is 0 Å². The summed E-state index contributed by atoms with van der Waals surface area (Å²) in [4.78, 5) is 2.92. The molecule has 1 heterocycles. The van der Waals surface area contributed by atoms with E-state index in [2.05, 4.69) is 4.98 Å². The van der Waals surface area contributed by atoms with Crippen LogP contribution >= 0.6 is 22.6 Å². The molecule has 1 rings (SSSR count). The number of aryl methyl sites for hydroxylation is 1. The average molecular weight is 337 g/mol. The molecular formula is C8H5F5IN. The van der Waals surface area contributed by atoms with E-state index in [4.69, 9.17) is 0 Å². The van der Waals surface area contributed by atoms with E-state index in [-0.39, 0.29) is 9.13 Å². The van der Waals surface area contributed by atoms with Crippen LogP contribution in [0.1, 0.15) is 23.4 Å². The molecular weight excluding hydrogens is 332 g/mol. The summed E-state index contributed by atoms with van der Waals surface area (Å²) in [6.45, 7) is 1.34. The fourth-order valence-electron chi connectivity index (χ4n) is 0.971. The Balaban J connectivity index is 3.36. The lowest BCUT2D eigenvalue weighted by Crippen LogP contribution is -2.12. The molecule has 0 N–H and O–H groups in total. The Bertz CT molecular complexity index is 374. The fraction of sp³-hybridized carbons (Fsp3) is 0.375. The number of rotatable bonds is 1. The molecule has 0 aliphatic heterocycles. The van der Waals surface area contributed by atoms with Gasteiger partial charge in [0.25, 0.3) is 6.43 Å². The fourth-order valence-corrected chi connectivity index (χ4v) is 1.48. The number of hydrogen-bond donors (Lipinski definition) is 0. The van der Waals surface area contributed by atoms with Crippen molar-refractivity contribution in [1.29, 1.82) is 0 Å². The molecule has 0 radical (unpaired) electrons. The normalized spacial score (nSPS) is 12.3. The summed E-state index contributed by atoms with van der Waals surface area (Å²) in [5.74, 6) is 0. The Kier molecular flexibility index (Phi) is 3.51. The average Bonchev–Trinajstić information content (AvgIpc) is 2.06. The molecule has 1 aromatic heterocycles. The second-order valence-electron chi connectivity index (χ2n) is 2.82. The third-order valence-corrected chi connectivity index (χ3v) is 3.07. The van der Waals surface area contributed by atoms with Gasteiger partial charge in [-0.25, -0.2) is 13.8 Å². The van der Waals surface area contributed by atoms with Crippen molar-refractivity contribution in [2.75, 3.05) is 0 Å². The zero-order valence-corrected chi connectivity index (χ0v) is 9.53. The minimum absolute atomic E-state index is 0.0654. The van der Waals surface area contributed by atoms with Gasteiger partial charge in [0.15, 0.2) is 0 Å². The van der Waals surface area contributed by atoms with Gasteiger partial charge in [-0.3, -0.25) is 0 Å². The third kappa shape index (κ3) is 2.76. The molecule has 0 atom stereocenters. The highest BCUT2D eigenvalue weighted by Crippen LogP contribution is 2.32. The summed E-state index contributed by atoms with van der Waals surface area (Å²) in [5, 5.41) is 0. The van der Waals surface area contributed by atoms with Crippen LogP contribution in [0.5, 0.6) is 0 Å². The zero-order valence-electron chi connectivity index (χ0n) is 7.37. The minimum atomic E-state index is -4.70. The second-order valence-corrected chi connectivity index (χ2v) is 3.90. The summed E-state index contributed by atoms with van der Waals surface area (Å²) in [6, 6.07) is 0.758. The van der Waals surface area contributed by atoms with E-state index in [1.807, 2.05) is 0 Å². The number of alkyl halides is 5. The number of aromatic nitrogens is 1. The van der Waals surface area contributed by atoms with Gasteiger partial charge in [0.05, 0.1) is 0 Å². The third-order valence-electron chi connectivity index (χ3n) is 1.66. The summed E-state index contributed by atoms with van der Waals surface area (Å²) in [7, 11) is 0. The maximum absolute atomic E-state index is 12.3. The number of hydrogen-bond acceptors (Lipinski definition) is 1. The van der Waals surface area contributed by atoms with Gasteiger partial charge in [0.2, 0.25) is 0 Å². The lowest BCUT2D eigenvalue weighted by Gasteiger charge is -2.11. The Morgan fingerprint density at radius 1 is 1.33 bits per heavy atom. The van der Waals surface area contributed by atoms with Gasteiger partial charge >= 0.3 is 6.18 Å². The van der Waals surface area contributed by atoms with Crippen LogP contribution in [0.3, 0.4) is 0 Å². The van der Waals surface area contributed by atoms with Crippen LogP contribution in [0, 0.1) is 10.5 Å². The quantitative estimate of drug-likeness (QED) is 0.559. The van der Waals surface area contributed by atoms with Crippen LogP contribution in [-0.2, 0) is 6.18 Å². The highest BCUT2D eigenvalue weighted by molar-refractivity contribution is 14.1. The molecule has 0 bridgehead atoms. The maximum Gasteiger partial charge on any atom is 0.433 e. The largest absolute Gasteiger partial charge is 0.433 e. The van der Waals surface area contributed by atoms with Gasteiger partial charge in [0, 0.05) is 3.57 Å². The van der Waals surface area contributed by atoms with E-state index in [1.54, 1.807) is 22.6 Å². The van der Waals surface area contributed by atoms with E-state index < -0.39 is 24.0 Å². The summed E-state index contributed by atoms with van der Waals surface area (Å²) >= 11 is 1.56. The van der Waals surface area contributed by atoms with Crippen LogP contribution in [0.2, 0.25) is 0 Å². The molecule has 1 nitrogen and oxygen atoms in total. The number of pyridine rings is 1. The molecule has 84 valence electrons. The molecule has 0 fully saturated rings. The summed E-state index contributed by atoms with van der Waals surface area (Å²) in [6.07, 6.45) is -7.70. The smallest absolute Gasteiger partial charge is 0.241 e. The predicted molar refractivity (Wildman–Crippen MR) is 51.7 cm³/mol. The van der Waals surface area contributed by atoms with E-state index in [9.17, 15) is 22.0 Å². The molecule has 0 amide bonds. The van der Waals surface area contributed by atoms with Crippen molar-refractivity contribution in [2.24, 2.45) is 0 Å². The molecule has 0 aliphatic carbocycles. The Hall–Kier alpha value is -0.470. The van der Waals surface area contributed by atoms with Crippen molar-refractivity contribution in [2.45, 2.75) is 19.5 Å². The lowest BCUT2D eigenvalue weighted by molar-refractivity contribution is -0.141. The topological polar surface area (TPSA) is 12.9 Å². The van der Waals surface area contributed by atoms with Crippen LogP contribution in [-0.4, -0.2) is 4.98 Å². The summed E-state index contributed by atoms with van der Waals surface area (Å²) in [5.41, 5.74) is -1.95. The van der Waals surface area contributed by atoms with Crippen molar-refractivity contribution >= 4 is 22.6 Å². The van der Waals surface area contributed by atoms with Gasteiger partial charge in [-0.2, -0.15) is 13.2 Å². The summed E-state index contributed by atoms with van der Waals surface area (Å²) < 4.78 is 61.4. The molecule has 0 aromatic carbocycles. The standard InChI is InChI=1S/C8H5F5IN/c1-3-2-4(8(11,12)13)15-6(5(3)14)7(9)10/h2,7H,1H3. The van der Waals surface area contributed by atoms with Crippen molar-refractivity contribution in [3.63, 3.8) is 0 Å². The van der Waals surface area contributed by atoms with Crippen molar-refractivity contribution in [3.8, 4) is 0 Å². The number of nitrogens with zero attached hydrogens (tertiary/aromatic N) is 1. The predicted octanol–water partition coefficient (Wildman–Crippen LogP) is 3.95. The first-order valence-corrected chi connectivity index (χ1v) is 4.83. The molecule has 0 unspecified atom stereocenters. The van der Waals surface area contributed by atoms with Crippen molar-refractivity contribution < 1.29 is 22.0 Å². The minimum Gasteiger partial charge on any atom is -0.241 e. The first kappa shape index (κ1) is 12.6. The highest BCUT2D eigenvalue weighted by atomic mass is 127. The molecule has 0 aliphatic rings. The van der Waals surface area contributed by atoms with Crippen molar-refractivity contribution in [3.05, 3.63) is 26.6 Å². The number of halogens is 6. The molecule has 0 saturated carbocycles. The van der Waals surface area contributed by atoms with E-state index in [1.165, 1.54) is 6.92 Å². The van der Waals surface area contributed by atoms with Gasteiger partial charge in [-0.05, 0) is 41.1 Å². The van der Waals surface area contributed by atoms with Gasteiger partial charge in [-0.15, -0.1) is 0 Å². The molecule has 0 spiro atoms. The molecule has 0 saturated heterocycles. The monoisotopic (exact) mass is 337 g/mol. The second kappa shape index (κ2) is 4.18. The Morgan fingerprint density at radius 2 is 1.87 bits per heavy atom. The Morgan fingerprint density at radius 3 is 2.27 bits per heavy atom. The van der Waals surface area contributed by atoms with Gasteiger partial charge in [0.1, 0.15) is 11.4 Å². The van der Waals surface area contributed by atoms with Gasteiger partial charge < -0.3 is 0 Å². The molecule has 15 heavy (non-hydrogen) atoms.